The number of nitrogens with one attached hydrogen (secondary N) is 2. The second kappa shape index (κ2) is 11.9. The van der Waals surface area contributed by atoms with Crippen LogP contribution >= 0.6 is 0 Å². The lowest BCUT2D eigenvalue weighted by molar-refractivity contribution is -0.148. The van der Waals surface area contributed by atoms with E-state index in [1.807, 2.05) is 13.8 Å². The highest BCUT2D eigenvalue weighted by Gasteiger charge is 2.64. The summed E-state index contributed by atoms with van der Waals surface area (Å²) in [5.41, 5.74) is -1.33. The third-order valence-electron chi connectivity index (χ3n) is 7.37. The highest BCUT2D eigenvalue weighted by atomic mass is 19.3. The lowest BCUT2D eigenvalue weighted by Crippen LogP contribution is -2.58. The lowest BCUT2D eigenvalue weighted by atomic mass is 9.81. The fourth-order valence-electron chi connectivity index (χ4n) is 4.79. The molecule has 40 heavy (non-hydrogen) atoms. The highest BCUT2D eigenvalue weighted by molar-refractivity contribution is 5.97. The summed E-state index contributed by atoms with van der Waals surface area (Å²) in [4.78, 5) is 40.5. The molecule has 0 aromatic heterocycles. The number of amides is 3. The van der Waals surface area contributed by atoms with E-state index in [-0.39, 0.29) is 35.8 Å². The first kappa shape index (κ1) is 30.9. The first-order chi connectivity index (χ1) is 18.6. The standard InChI is InChI=1S/C29H36F3N3O5/c1-16(2)14-33-26(39)24-28(4,5)29(31,32)15-35(24)27(40)23(37)21(13-18-8-6-9-19(30)12-18)34-25(38)20-10-7-11-22(36)17(20)3/h6-12,16,21,23-24,36-37H,13-15H2,1-5H3,(H,33,39)(H,34,38)/t21-,23-,24-/m0/s1. The number of nitrogens with zero attached hydrogens (tertiary/aromatic N) is 1. The number of benzene rings is 2. The first-order valence-corrected chi connectivity index (χ1v) is 13.0. The Morgan fingerprint density at radius 1 is 1.12 bits per heavy atom. The number of carbonyl (C=O) groups excluding carboxylic acids is 3. The Kier molecular flexibility index (Phi) is 9.18. The predicted molar refractivity (Wildman–Crippen MR) is 142 cm³/mol. The van der Waals surface area contributed by atoms with Gasteiger partial charge in [-0.25, -0.2) is 13.2 Å². The molecule has 0 bridgehead atoms. The van der Waals surface area contributed by atoms with Crippen LogP contribution in [0.1, 0.15) is 49.2 Å². The molecule has 3 amide bonds. The molecule has 1 fully saturated rings. The van der Waals surface area contributed by atoms with E-state index >= 15 is 8.78 Å². The van der Waals surface area contributed by atoms with Gasteiger partial charge in [-0.05, 0) is 49.1 Å². The molecule has 0 saturated carbocycles. The van der Waals surface area contributed by atoms with Crippen molar-refractivity contribution in [2.24, 2.45) is 11.3 Å². The zero-order valence-electron chi connectivity index (χ0n) is 23.2. The number of phenolic OH excluding ortho intramolecular Hbond substituents is 1. The monoisotopic (exact) mass is 563 g/mol. The largest absolute Gasteiger partial charge is 0.508 e. The van der Waals surface area contributed by atoms with Gasteiger partial charge < -0.3 is 25.7 Å². The van der Waals surface area contributed by atoms with Crippen LogP contribution in [0.2, 0.25) is 0 Å². The van der Waals surface area contributed by atoms with Gasteiger partial charge in [-0.1, -0.05) is 45.9 Å². The van der Waals surface area contributed by atoms with E-state index in [0.717, 1.165) is 6.07 Å². The maximum atomic E-state index is 15.1. The molecular weight excluding hydrogens is 527 g/mol. The summed E-state index contributed by atoms with van der Waals surface area (Å²) in [5.74, 6) is -6.88. The lowest BCUT2D eigenvalue weighted by Gasteiger charge is -2.34. The van der Waals surface area contributed by atoms with Crippen LogP contribution in [0.25, 0.3) is 0 Å². The minimum absolute atomic E-state index is 0.0236. The summed E-state index contributed by atoms with van der Waals surface area (Å²) < 4.78 is 44.1. The molecule has 2 aromatic rings. The van der Waals surface area contributed by atoms with Gasteiger partial charge in [0.25, 0.3) is 17.7 Å². The summed E-state index contributed by atoms with van der Waals surface area (Å²) >= 11 is 0. The number of hydrogen-bond donors (Lipinski definition) is 4. The highest BCUT2D eigenvalue weighted by Crippen LogP contribution is 2.48. The van der Waals surface area contributed by atoms with Crippen molar-refractivity contribution < 1.29 is 37.8 Å². The molecule has 1 aliphatic heterocycles. The number of carbonyl (C=O) groups is 3. The number of phenols is 1. The summed E-state index contributed by atoms with van der Waals surface area (Å²) in [6.07, 6.45) is -2.29. The van der Waals surface area contributed by atoms with Crippen LogP contribution < -0.4 is 10.6 Å². The molecule has 1 heterocycles. The molecule has 3 rings (SSSR count). The van der Waals surface area contributed by atoms with Crippen molar-refractivity contribution in [3.8, 4) is 5.75 Å². The summed E-state index contributed by atoms with van der Waals surface area (Å²) in [7, 11) is 0. The zero-order chi connectivity index (χ0) is 30.0. The van der Waals surface area contributed by atoms with Crippen molar-refractivity contribution >= 4 is 17.7 Å². The first-order valence-electron chi connectivity index (χ1n) is 13.0. The van der Waals surface area contributed by atoms with Crippen molar-refractivity contribution in [3.63, 3.8) is 0 Å². The molecule has 4 N–H and O–H groups in total. The van der Waals surface area contributed by atoms with Gasteiger partial charge in [0.15, 0.2) is 6.10 Å². The molecular formula is C29H36F3N3O5. The molecule has 1 aliphatic rings. The number of aliphatic hydroxyl groups excluding tert-OH is 1. The Hall–Kier alpha value is -3.60. The Balaban J connectivity index is 1.96. The average molecular weight is 564 g/mol. The maximum Gasteiger partial charge on any atom is 0.272 e. The van der Waals surface area contributed by atoms with Crippen LogP contribution in [0.15, 0.2) is 42.5 Å². The van der Waals surface area contributed by atoms with E-state index in [0.29, 0.717) is 10.5 Å². The fraction of sp³-hybridized carbons (Fsp3) is 0.483. The van der Waals surface area contributed by atoms with Gasteiger partial charge in [0.2, 0.25) is 5.91 Å². The molecule has 1 saturated heterocycles. The summed E-state index contributed by atoms with van der Waals surface area (Å²) in [6.45, 7) is 6.61. The van der Waals surface area contributed by atoms with Crippen molar-refractivity contribution in [3.05, 3.63) is 65.0 Å². The van der Waals surface area contributed by atoms with E-state index < -0.39 is 59.6 Å². The second-order valence-corrected chi connectivity index (χ2v) is 11.2. The number of likely N-dealkylation sites (tertiary alicyclic amines) is 1. The molecule has 0 radical (unpaired) electrons. The topological polar surface area (TPSA) is 119 Å². The van der Waals surface area contributed by atoms with Gasteiger partial charge in [-0.2, -0.15) is 0 Å². The van der Waals surface area contributed by atoms with Crippen LogP contribution in [0.4, 0.5) is 13.2 Å². The van der Waals surface area contributed by atoms with E-state index in [4.69, 9.17) is 0 Å². The third-order valence-corrected chi connectivity index (χ3v) is 7.37. The van der Waals surface area contributed by atoms with Crippen LogP contribution in [0, 0.1) is 24.1 Å². The van der Waals surface area contributed by atoms with Crippen LogP contribution in [0.3, 0.4) is 0 Å². The number of alkyl halides is 2. The molecule has 11 heteroatoms. The normalized spacial score (nSPS) is 19.2. The minimum atomic E-state index is -3.46. The number of aromatic hydroxyl groups is 1. The quantitative estimate of drug-likeness (QED) is 0.374. The summed E-state index contributed by atoms with van der Waals surface area (Å²) in [6, 6.07) is 6.56. The maximum absolute atomic E-state index is 15.1. The minimum Gasteiger partial charge on any atom is -0.508 e. The number of aliphatic hydroxyl groups is 1. The Morgan fingerprint density at radius 3 is 2.40 bits per heavy atom. The van der Waals surface area contributed by atoms with Gasteiger partial charge in [0, 0.05) is 17.7 Å². The van der Waals surface area contributed by atoms with Crippen molar-refractivity contribution in [2.75, 3.05) is 13.1 Å². The van der Waals surface area contributed by atoms with Crippen molar-refractivity contribution in [2.45, 2.75) is 65.1 Å². The molecule has 218 valence electrons. The molecule has 3 atom stereocenters. The molecule has 8 nitrogen and oxygen atoms in total. The second-order valence-electron chi connectivity index (χ2n) is 11.2. The Morgan fingerprint density at radius 2 is 1.77 bits per heavy atom. The van der Waals surface area contributed by atoms with Gasteiger partial charge in [0.05, 0.1) is 18.0 Å². The number of hydrogen-bond acceptors (Lipinski definition) is 5. The van der Waals surface area contributed by atoms with Crippen molar-refractivity contribution in [1.82, 2.24) is 15.5 Å². The SMILES string of the molecule is Cc1c(O)cccc1C(=O)N[C@@H](Cc1cccc(F)c1)[C@H](O)C(=O)N1CC(F)(F)C(C)(C)[C@@H]1C(=O)NCC(C)C. The van der Waals surface area contributed by atoms with Gasteiger partial charge in [-0.3, -0.25) is 14.4 Å². The van der Waals surface area contributed by atoms with Crippen LogP contribution in [-0.2, 0) is 16.0 Å². The predicted octanol–water partition coefficient (Wildman–Crippen LogP) is 3.19. The van der Waals surface area contributed by atoms with Gasteiger partial charge in [-0.15, -0.1) is 0 Å². The molecule has 0 spiro atoms. The fourth-order valence-corrected chi connectivity index (χ4v) is 4.79. The van der Waals surface area contributed by atoms with Crippen LogP contribution in [-0.4, -0.2) is 70.0 Å². The Bertz CT molecular complexity index is 1270. The van der Waals surface area contributed by atoms with Crippen LogP contribution in [0.5, 0.6) is 5.75 Å². The van der Waals surface area contributed by atoms with Gasteiger partial charge >= 0.3 is 0 Å². The zero-order valence-corrected chi connectivity index (χ0v) is 23.2. The summed E-state index contributed by atoms with van der Waals surface area (Å²) in [5, 5.41) is 26.4. The van der Waals surface area contributed by atoms with E-state index in [9.17, 15) is 29.0 Å². The Labute approximate surface area is 231 Å². The molecule has 2 aromatic carbocycles. The van der Waals surface area contributed by atoms with E-state index in [2.05, 4.69) is 10.6 Å². The van der Waals surface area contributed by atoms with Crippen molar-refractivity contribution in [1.29, 1.82) is 0 Å². The van der Waals surface area contributed by atoms with Gasteiger partial charge in [0.1, 0.15) is 17.6 Å². The third kappa shape index (κ3) is 6.41. The van der Waals surface area contributed by atoms with E-state index in [1.54, 1.807) is 0 Å². The number of halogens is 3. The number of rotatable bonds is 9. The molecule has 0 unspecified atom stereocenters. The smallest absolute Gasteiger partial charge is 0.272 e. The molecule has 0 aliphatic carbocycles. The van der Waals surface area contributed by atoms with E-state index in [1.165, 1.54) is 57.2 Å². The average Bonchev–Trinajstić information content (AvgIpc) is 3.06.